The van der Waals surface area contributed by atoms with Gasteiger partial charge in [-0.1, -0.05) is 137 Å². The lowest BCUT2D eigenvalue weighted by molar-refractivity contribution is 0.0978. The molecule has 0 unspecified atom stereocenters. The van der Waals surface area contributed by atoms with Crippen LogP contribution in [0.2, 0.25) is 0 Å². The molecule has 224 valence electrons. The fourth-order valence-electron chi connectivity index (χ4n) is 5.60. The minimum absolute atomic E-state index is 0.111. The summed E-state index contributed by atoms with van der Waals surface area (Å²) in [5, 5.41) is 0. The molecule has 0 heterocycles. The van der Waals surface area contributed by atoms with Gasteiger partial charge in [-0.15, -0.1) is 0 Å². The van der Waals surface area contributed by atoms with Crippen molar-refractivity contribution in [2.45, 2.75) is 78.1 Å². The Kier molecular flexibility index (Phi) is 9.54. The van der Waals surface area contributed by atoms with E-state index in [2.05, 4.69) is 71.0 Å². The van der Waals surface area contributed by atoms with E-state index in [1.165, 1.54) is 35.1 Å². The lowest BCUT2D eigenvalue weighted by Gasteiger charge is -2.42. The molecule has 43 heavy (non-hydrogen) atoms. The summed E-state index contributed by atoms with van der Waals surface area (Å²) in [4.78, 5) is 0. The smallest absolute Gasteiger partial charge is 0.282 e. The van der Waals surface area contributed by atoms with Gasteiger partial charge < -0.3 is 0 Å². The van der Waals surface area contributed by atoms with Crippen molar-refractivity contribution >= 4 is 19.5 Å². The molecule has 1 aliphatic carbocycles. The summed E-state index contributed by atoms with van der Waals surface area (Å²) in [5.41, 5.74) is 9.59. The molecule has 0 aliphatic heterocycles. The van der Waals surface area contributed by atoms with Crippen LogP contribution in [-0.2, 0) is 48.8 Å². The first-order chi connectivity index (χ1) is 20.5. The van der Waals surface area contributed by atoms with E-state index < -0.39 is 7.82 Å². The number of phosphoric acid groups is 1. The Morgan fingerprint density at radius 3 is 1.63 bits per heavy atom. The fourth-order valence-corrected chi connectivity index (χ4v) is 6.74. The maximum Gasteiger partial charge on any atom is 0.475 e. The third-order valence-electron chi connectivity index (χ3n) is 8.52. The van der Waals surface area contributed by atoms with Crippen molar-refractivity contribution in [1.29, 1.82) is 0 Å². The minimum Gasteiger partial charge on any atom is -0.282 e. The number of hydrogen-bond acceptors (Lipinski definition) is 4. The third-order valence-corrected chi connectivity index (χ3v) is 9.86. The lowest BCUT2D eigenvalue weighted by atomic mass is 9.63. The SMILES string of the molecule is C/C(=C\c1ccc(COP(=O)(OCc2ccccc2)OCc2ccccc2)cc1)c1ccc2c(c1)C(C)(C)CCC2(C)C. The van der Waals surface area contributed by atoms with E-state index in [9.17, 15) is 4.57 Å². The molecule has 1 aliphatic rings. The summed E-state index contributed by atoms with van der Waals surface area (Å²) >= 11 is 0. The van der Waals surface area contributed by atoms with Crippen LogP contribution < -0.4 is 0 Å². The van der Waals surface area contributed by atoms with Crippen LogP contribution >= 0.6 is 7.82 Å². The van der Waals surface area contributed by atoms with Crippen LogP contribution in [0.15, 0.2) is 103 Å². The van der Waals surface area contributed by atoms with Crippen molar-refractivity contribution in [2.24, 2.45) is 0 Å². The molecule has 0 atom stereocenters. The molecule has 0 radical (unpaired) electrons. The Hall–Kier alpha value is -3.27. The lowest BCUT2D eigenvalue weighted by Crippen LogP contribution is -2.33. The van der Waals surface area contributed by atoms with E-state index in [1.807, 2.05) is 72.8 Å². The number of hydrogen-bond donors (Lipinski definition) is 0. The van der Waals surface area contributed by atoms with Gasteiger partial charge in [0.05, 0.1) is 19.8 Å². The van der Waals surface area contributed by atoms with Crippen LogP contribution in [0.4, 0.5) is 0 Å². The number of rotatable bonds is 11. The van der Waals surface area contributed by atoms with E-state index >= 15 is 0 Å². The van der Waals surface area contributed by atoms with Gasteiger partial charge >= 0.3 is 7.82 Å². The first-order valence-electron chi connectivity index (χ1n) is 15.1. The molecule has 4 aromatic carbocycles. The Morgan fingerprint density at radius 2 is 1.12 bits per heavy atom. The monoisotopic (exact) mass is 594 g/mol. The van der Waals surface area contributed by atoms with Crippen LogP contribution in [0.1, 0.15) is 86.4 Å². The second kappa shape index (κ2) is 13.2. The van der Waals surface area contributed by atoms with E-state index in [4.69, 9.17) is 13.6 Å². The van der Waals surface area contributed by atoms with E-state index in [0.29, 0.717) is 0 Å². The van der Waals surface area contributed by atoms with Crippen LogP contribution in [-0.4, -0.2) is 0 Å². The van der Waals surface area contributed by atoms with Crippen molar-refractivity contribution in [3.63, 3.8) is 0 Å². The Bertz CT molecular complexity index is 1540. The van der Waals surface area contributed by atoms with Crippen molar-refractivity contribution < 1.29 is 18.1 Å². The second-order valence-electron chi connectivity index (χ2n) is 12.8. The largest absolute Gasteiger partial charge is 0.475 e. The van der Waals surface area contributed by atoms with Gasteiger partial charge in [0.15, 0.2) is 0 Å². The van der Waals surface area contributed by atoms with Gasteiger partial charge in [-0.2, -0.15) is 0 Å². The summed E-state index contributed by atoms with van der Waals surface area (Å²) < 4.78 is 31.0. The number of allylic oxidation sites excluding steroid dienone is 1. The summed E-state index contributed by atoms with van der Waals surface area (Å²) in [6.07, 6.45) is 4.62. The third kappa shape index (κ3) is 8.02. The highest BCUT2D eigenvalue weighted by Gasteiger charge is 2.37. The van der Waals surface area contributed by atoms with Crippen LogP contribution in [0.25, 0.3) is 11.6 Å². The van der Waals surface area contributed by atoms with Crippen LogP contribution in [0, 0.1) is 0 Å². The summed E-state index contributed by atoms with van der Waals surface area (Å²) in [5.74, 6) is 0. The normalized spacial score (nSPS) is 16.1. The molecule has 5 rings (SSSR count). The number of phosphoric ester groups is 1. The number of fused-ring (bicyclic) bond motifs is 1. The summed E-state index contributed by atoms with van der Waals surface area (Å²) in [6.45, 7) is 12.0. The molecule has 4 aromatic rings. The van der Waals surface area contributed by atoms with Crippen molar-refractivity contribution in [2.75, 3.05) is 0 Å². The maximum absolute atomic E-state index is 13.6. The van der Waals surface area contributed by atoms with Gasteiger partial charge in [0.2, 0.25) is 0 Å². The molecule has 0 aromatic heterocycles. The second-order valence-corrected chi connectivity index (χ2v) is 14.5. The fraction of sp³-hybridized carbons (Fsp3) is 0.316. The standard InChI is InChI=1S/C38H43O4P/c1-29(34-20-21-35-36(25-34)38(4,5)23-22-37(35,2)3)24-30-16-18-33(19-17-30)28-42-43(39,40-26-31-12-8-6-9-13-31)41-27-32-14-10-7-11-15-32/h6-21,24-25H,22-23,26-28H2,1-5H3/b29-24+. The Morgan fingerprint density at radius 1 is 0.651 bits per heavy atom. The first kappa shape index (κ1) is 31.2. The Labute approximate surface area is 257 Å². The van der Waals surface area contributed by atoms with Crippen molar-refractivity contribution in [3.8, 4) is 0 Å². The highest BCUT2D eigenvalue weighted by Crippen LogP contribution is 2.52. The predicted molar refractivity (Wildman–Crippen MR) is 177 cm³/mol. The van der Waals surface area contributed by atoms with Crippen molar-refractivity contribution in [3.05, 3.63) is 142 Å². The van der Waals surface area contributed by atoms with Gasteiger partial charge in [0, 0.05) is 0 Å². The molecule has 0 N–H and O–H groups in total. The molecule has 0 amide bonds. The zero-order valence-electron chi connectivity index (χ0n) is 26.0. The van der Waals surface area contributed by atoms with Crippen LogP contribution in [0.5, 0.6) is 0 Å². The topological polar surface area (TPSA) is 44.8 Å². The number of benzene rings is 4. The van der Waals surface area contributed by atoms with Gasteiger partial charge in [0.1, 0.15) is 0 Å². The molecule has 0 saturated heterocycles. The molecule has 0 saturated carbocycles. The van der Waals surface area contributed by atoms with Gasteiger partial charge in [-0.3, -0.25) is 13.6 Å². The van der Waals surface area contributed by atoms with E-state index in [1.54, 1.807) is 0 Å². The Balaban J connectivity index is 1.26. The van der Waals surface area contributed by atoms with Gasteiger partial charge in [-0.05, 0) is 75.1 Å². The van der Waals surface area contributed by atoms with Crippen molar-refractivity contribution in [1.82, 2.24) is 0 Å². The molecule has 0 bridgehead atoms. The maximum atomic E-state index is 13.6. The predicted octanol–water partition coefficient (Wildman–Crippen LogP) is 10.7. The average Bonchev–Trinajstić information content (AvgIpc) is 3.02. The molecule has 4 nitrogen and oxygen atoms in total. The van der Waals surface area contributed by atoms with E-state index in [0.717, 1.165) is 22.3 Å². The van der Waals surface area contributed by atoms with Gasteiger partial charge in [-0.25, -0.2) is 4.57 Å². The first-order valence-corrected chi connectivity index (χ1v) is 16.5. The minimum atomic E-state index is -3.83. The highest BCUT2D eigenvalue weighted by atomic mass is 31.2. The quantitative estimate of drug-likeness (QED) is 0.128. The summed E-state index contributed by atoms with van der Waals surface area (Å²) in [7, 11) is -3.83. The molecule has 5 heteroatoms. The van der Waals surface area contributed by atoms with Gasteiger partial charge in [0.25, 0.3) is 0 Å². The van der Waals surface area contributed by atoms with E-state index in [-0.39, 0.29) is 30.7 Å². The summed E-state index contributed by atoms with van der Waals surface area (Å²) in [6, 6.07) is 34.3. The zero-order valence-corrected chi connectivity index (χ0v) is 26.9. The van der Waals surface area contributed by atoms with Crippen LogP contribution in [0.3, 0.4) is 0 Å². The highest BCUT2D eigenvalue weighted by molar-refractivity contribution is 7.48. The molecular weight excluding hydrogens is 551 g/mol. The molecule has 0 fully saturated rings. The molecule has 0 spiro atoms. The zero-order chi connectivity index (χ0) is 30.5. The average molecular weight is 595 g/mol. The molecular formula is C38H43O4P.